The van der Waals surface area contributed by atoms with Crippen molar-refractivity contribution in [1.82, 2.24) is 0 Å². The van der Waals surface area contributed by atoms with Crippen molar-refractivity contribution in [2.75, 3.05) is 26.4 Å². The average Bonchev–Trinajstić information content (AvgIpc) is 3.14. The number of unbranched alkanes of at least 4 members (excludes halogenated alkanes) is 24. The lowest BCUT2D eigenvalue weighted by Crippen LogP contribution is -2.29. The van der Waals surface area contributed by atoms with E-state index in [1.807, 2.05) is 0 Å². The second-order valence-electron chi connectivity index (χ2n) is 14.6. The molecule has 0 saturated carbocycles. The molecule has 0 aliphatic carbocycles. The minimum Gasteiger partial charge on any atom is -0.462 e. The number of nitrogens with two attached hydrogens (primary N) is 1. The fourth-order valence-electron chi connectivity index (χ4n) is 6.08. The number of allylic oxidation sites excluding steroid dienone is 4. The summed E-state index contributed by atoms with van der Waals surface area (Å²) in [6, 6.07) is 0. The molecule has 312 valence electrons. The molecule has 0 spiro atoms. The molecule has 2 unspecified atom stereocenters. The van der Waals surface area contributed by atoms with Gasteiger partial charge in [-0.3, -0.25) is 18.6 Å². The zero-order chi connectivity index (χ0) is 38.9. The lowest BCUT2D eigenvalue weighted by atomic mass is 10.1. The number of ether oxygens (including phenoxy) is 2. The molecule has 0 aromatic carbocycles. The molecule has 0 radical (unpaired) electrons. The van der Waals surface area contributed by atoms with Crippen LogP contribution in [0.2, 0.25) is 0 Å². The van der Waals surface area contributed by atoms with E-state index >= 15 is 0 Å². The van der Waals surface area contributed by atoms with Gasteiger partial charge in [0.25, 0.3) is 0 Å². The first kappa shape index (κ1) is 51.5. The average molecular weight is 772 g/mol. The first-order chi connectivity index (χ1) is 25.8. The van der Waals surface area contributed by atoms with Crippen LogP contribution in [0, 0.1) is 0 Å². The summed E-state index contributed by atoms with van der Waals surface area (Å²) < 4.78 is 32.7. The number of rotatable bonds is 41. The Morgan fingerprint density at radius 1 is 0.566 bits per heavy atom. The Morgan fingerprint density at radius 3 is 1.43 bits per heavy atom. The number of esters is 2. The third kappa shape index (κ3) is 40.0. The maximum atomic E-state index is 12.6. The van der Waals surface area contributed by atoms with Gasteiger partial charge < -0.3 is 20.1 Å². The Hall–Kier alpha value is -1.51. The zero-order valence-corrected chi connectivity index (χ0v) is 35.2. The van der Waals surface area contributed by atoms with Crippen molar-refractivity contribution in [1.29, 1.82) is 0 Å². The number of phosphoric acid groups is 1. The van der Waals surface area contributed by atoms with E-state index in [0.717, 1.165) is 51.4 Å². The van der Waals surface area contributed by atoms with Gasteiger partial charge in [-0.1, -0.05) is 173 Å². The fourth-order valence-corrected chi connectivity index (χ4v) is 6.84. The van der Waals surface area contributed by atoms with Gasteiger partial charge in [-0.25, -0.2) is 4.57 Å². The summed E-state index contributed by atoms with van der Waals surface area (Å²) in [4.78, 5) is 34.8. The van der Waals surface area contributed by atoms with E-state index in [4.69, 9.17) is 24.3 Å². The maximum Gasteiger partial charge on any atom is 0.472 e. The molecule has 0 aliphatic heterocycles. The summed E-state index contributed by atoms with van der Waals surface area (Å²) in [5.74, 6) is -0.828. The van der Waals surface area contributed by atoms with Crippen molar-refractivity contribution >= 4 is 19.8 Å². The molecular weight excluding hydrogens is 689 g/mol. The summed E-state index contributed by atoms with van der Waals surface area (Å²) >= 11 is 0. The highest BCUT2D eigenvalue weighted by Crippen LogP contribution is 2.43. The molecule has 53 heavy (non-hydrogen) atoms. The van der Waals surface area contributed by atoms with Gasteiger partial charge >= 0.3 is 19.8 Å². The van der Waals surface area contributed by atoms with Crippen molar-refractivity contribution < 1.29 is 37.6 Å². The lowest BCUT2D eigenvalue weighted by molar-refractivity contribution is -0.161. The van der Waals surface area contributed by atoms with Crippen LogP contribution >= 0.6 is 7.82 Å². The number of hydrogen-bond acceptors (Lipinski definition) is 8. The van der Waals surface area contributed by atoms with E-state index in [1.165, 1.54) is 122 Å². The summed E-state index contributed by atoms with van der Waals surface area (Å²) in [6.45, 7) is 3.72. The molecule has 9 nitrogen and oxygen atoms in total. The van der Waals surface area contributed by atoms with Gasteiger partial charge in [0.15, 0.2) is 6.10 Å². The van der Waals surface area contributed by atoms with Gasteiger partial charge in [0.2, 0.25) is 0 Å². The highest BCUT2D eigenvalue weighted by molar-refractivity contribution is 7.47. The normalized spacial score (nSPS) is 13.5. The predicted octanol–water partition coefficient (Wildman–Crippen LogP) is 12.4. The Labute approximate surface area is 325 Å². The third-order valence-corrected chi connectivity index (χ3v) is 10.3. The summed E-state index contributed by atoms with van der Waals surface area (Å²) in [6.07, 6.45) is 42.1. The van der Waals surface area contributed by atoms with Crippen LogP contribution in [0.25, 0.3) is 0 Å². The quantitative estimate of drug-likeness (QED) is 0.0269. The first-order valence-corrected chi connectivity index (χ1v) is 23.3. The molecule has 2 atom stereocenters. The molecule has 3 N–H and O–H groups in total. The van der Waals surface area contributed by atoms with E-state index in [0.29, 0.717) is 6.42 Å². The third-order valence-electron chi connectivity index (χ3n) is 9.34. The van der Waals surface area contributed by atoms with Gasteiger partial charge in [0.1, 0.15) is 6.61 Å². The van der Waals surface area contributed by atoms with Crippen LogP contribution in [0.15, 0.2) is 24.3 Å². The number of hydrogen-bond donors (Lipinski definition) is 2. The molecule has 0 aromatic heterocycles. The fraction of sp³-hybridized carbons (Fsp3) is 0.860. The van der Waals surface area contributed by atoms with Crippen LogP contribution < -0.4 is 5.73 Å². The Balaban J connectivity index is 4.09. The monoisotopic (exact) mass is 772 g/mol. The van der Waals surface area contributed by atoms with Gasteiger partial charge in [0, 0.05) is 19.4 Å². The SMILES string of the molecule is CCCCCCC/C=C\C/C=C\CCCCCCCCCCCC(=O)OC(COC(=O)CCCCCCCCCCCCC)COP(=O)(O)OCCN. The molecule has 0 bridgehead atoms. The predicted molar refractivity (Wildman–Crippen MR) is 220 cm³/mol. The highest BCUT2D eigenvalue weighted by Gasteiger charge is 2.26. The van der Waals surface area contributed by atoms with Crippen molar-refractivity contribution in [2.45, 2.75) is 213 Å². The molecule has 0 heterocycles. The zero-order valence-electron chi connectivity index (χ0n) is 34.3. The molecular formula is C43H82NO8P. The van der Waals surface area contributed by atoms with Crippen molar-refractivity contribution in [3.63, 3.8) is 0 Å². The highest BCUT2D eigenvalue weighted by atomic mass is 31.2. The minimum atomic E-state index is -4.37. The summed E-state index contributed by atoms with van der Waals surface area (Å²) in [7, 11) is -4.37. The number of carbonyl (C=O) groups excluding carboxylic acids is 2. The molecule has 0 aliphatic rings. The van der Waals surface area contributed by atoms with Crippen LogP contribution in [0.3, 0.4) is 0 Å². The van der Waals surface area contributed by atoms with Crippen LogP contribution in [0.5, 0.6) is 0 Å². The smallest absolute Gasteiger partial charge is 0.462 e. The number of carbonyl (C=O) groups is 2. The Kier molecular flexibility index (Phi) is 39.0. The summed E-state index contributed by atoms with van der Waals surface area (Å²) in [5.41, 5.74) is 5.34. The Bertz CT molecular complexity index is 928. The van der Waals surface area contributed by atoms with E-state index in [1.54, 1.807) is 0 Å². The molecule has 0 fully saturated rings. The molecule has 0 amide bonds. The second-order valence-corrected chi connectivity index (χ2v) is 16.0. The maximum absolute atomic E-state index is 12.6. The first-order valence-electron chi connectivity index (χ1n) is 21.8. The van der Waals surface area contributed by atoms with Gasteiger partial charge in [-0.05, 0) is 44.9 Å². The van der Waals surface area contributed by atoms with Crippen molar-refractivity contribution in [2.24, 2.45) is 5.73 Å². The minimum absolute atomic E-state index is 0.0542. The van der Waals surface area contributed by atoms with E-state index in [-0.39, 0.29) is 38.6 Å². The van der Waals surface area contributed by atoms with Crippen LogP contribution in [0.4, 0.5) is 0 Å². The second kappa shape index (κ2) is 40.2. The molecule has 0 saturated heterocycles. The van der Waals surface area contributed by atoms with Gasteiger partial charge in [0.05, 0.1) is 13.2 Å². The standard InChI is InChI=1S/C43H82NO8P/c1-3-5-7-9-11-13-15-16-17-18-19-20-21-22-23-24-26-28-30-32-34-36-43(46)52-41(40-51-53(47,48)50-38-37-44)39-49-42(45)35-33-31-29-27-25-14-12-10-8-6-4-2/h15-16,18-19,41H,3-14,17,20-40,44H2,1-2H3,(H,47,48)/b16-15-,19-18-. The van der Waals surface area contributed by atoms with Gasteiger partial charge in [-0.2, -0.15) is 0 Å². The molecule has 0 aromatic rings. The molecule has 0 rings (SSSR count). The molecule has 10 heteroatoms. The van der Waals surface area contributed by atoms with E-state index in [2.05, 4.69) is 38.2 Å². The number of phosphoric ester groups is 1. The van der Waals surface area contributed by atoms with Crippen LogP contribution in [0.1, 0.15) is 206 Å². The van der Waals surface area contributed by atoms with Crippen LogP contribution in [-0.4, -0.2) is 49.3 Å². The lowest BCUT2D eigenvalue weighted by Gasteiger charge is -2.19. The summed E-state index contributed by atoms with van der Waals surface area (Å²) in [5, 5.41) is 0. The largest absolute Gasteiger partial charge is 0.472 e. The Morgan fingerprint density at radius 2 is 0.981 bits per heavy atom. The van der Waals surface area contributed by atoms with Gasteiger partial charge in [-0.15, -0.1) is 0 Å². The van der Waals surface area contributed by atoms with Crippen LogP contribution in [-0.2, 0) is 32.7 Å². The van der Waals surface area contributed by atoms with E-state index in [9.17, 15) is 19.0 Å². The van der Waals surface area contributed by atoms with Crippen molar-refractivity contribution in [3.05, 3.63) is 24.3 Å². The topological polar surface area (TPSA) is 134 Å². The van der Waals surface area contributed by atoms with E-state index < -0.39 is 26.5 Å². The van der Waals surface area contributed by atoms with Crippen molar-refractivity contribution in [3.8, 4) is 0 Å².